The van der Waals surface area contributed by atoms with Gasteiger partial charge in [-0.3, -0.25) is 9.78 Å². The number of alkyl halides is 3. The number of halogens is 3. The van der Waals surface area contributed by atoms with Crippen LogP contribution in [0.15, 0.2) is 42.6 Å². The fraction of sp³-hybridized carbons (Fsp3) is 0.333. The van der Waals surface area contributed by atoms with Gasteiger partial charge >= 0.3 is 6.18 Å². The predicted molar refractivity (Wildman–Crippen MR) is 108 cm³/mol. The summed E-state index contributed by atoms with van der Waals surface area (Å²) in [4.78, 5) is 19.4. The lowest BCUT2D eigenvalue weighted by Gasteiger charge is -2.32. The van der Waals surface area contributed by atoms with E-state index in [0.29, 0.717) is 47.9 Å². The van der Waals surface area contributed by atoms with Gasteiger partial charge in [-0.05, 0) is 48.1 Å². The molecule has 0 N–H and O–H groups in total. The van der Waals surface area contributed by atoms with Crippen molar-refractivity contribution in [3.63, 3.8) is 0 Å². The standard InChI is InChI=1S/C21H19F3N4O2S/c1-13-19(31-27-26-13)20(29)28-7-8-30-18(12-28)17-6-5-15(11-25-17)9-14-3-2-4-16(10-14)21(22,23)24/h2-6,10-11,18H,7-9,12H2,1H3/t18-/m1/s1. The Morgan fingerprint density at radius 1 is 1.26 bits per heavy atom. The second kappa shape index (κ2) is 8.72. The van der Waals surface area contributed by atoms with E-state index in [1.807, 2.05) is 6.07 Å². The van der Waals surface area contributed by atoms with Crippen molar-refractivity contribution in [1.29, 1.82) is 0 Å². The van der Waals surface area contributed by atoms with Crippen molar-refractivity contribution in [1.82, 2.24) is 19.5 Å². The number of hydrogen-bond donors (Lipinski definition) is 0. The van der Waals surface area contributed by atoms with Gasteiger partial charge in [0.15, 0.2) is 0 Å². The summed E-state index contributed by atoms with van der Waals surface area (Å²) in [6.07, 6.45) is -2.77. The van der Waals surface area contributed by atoms with Crippen LogP contribution in [-0.4, -0.2) is 45.1 Å². The number of aromatic nitrogens is 3. The molecule has 10 heteroatoms. The zero-order chi connectivity index (χ0) is 22.0. The second-order valence-corrected chi connectivity index (χ2v) is 8.02. The number of ether oxygens (including phenoxy) is 1. The summed E-state index contributed by atoms with van der Waals surface area (Å²) in [5, 5.41) is 3.89. The number of hydrogen-bond acceptors (Lipinski definition) is 6. The summed E-state index contributed by atoms with van der Waals surface area (Å²) in [5.41, 5.74) is 1.96. The zero-order valence-electron chi connectivity index (χ0n) is 16.6. The topological polar surface area (TPSA) is 68.2 Å². The highest BCUT2D eigenvalue weighted by Gasteiger charge is 2.31. The van der Waals surface area contributed by atoms with Crippen LogP contribution in [0.25, 0.3) is 0 Å². The third-order valence-corrected chi connectivity index (χ3v) is 5.86. The lowest BCUT2D eigenvalue weighted by molar-refractivity contribution is -0.137. The molecule has 162 valence electrons. The van der Waals surface area contributed by atoms with Crippen LogP contribution >= 0.6 is 11.5 Å². The Morgan fingerprint density at radius 2 is 2.10 bits per heavy atom. The largest absolute Gasteiger partial charge is 0.416 e. The number of amides is 1. The van der Waals surface area contributed by atoms with Crippen molar-refractivity contribution in [3.05, 3.63) is 75.6 Å². The molecule has 1 aliphatic rings. The van der Waals surface area contributed by atoms with Crippen LogP contribution in [0.3, 0.4) is 0 Å². The Hall–Kier alpha value is -2.85. The number of pyridine rings is 1. The summed E-state index contributed by atoms with van der Waals surface area (Å²) in [7, 11) is 0. The maximum absolute atomic E-state index is 12.9. The highest BCUT2D eigenvalue weighted by Crippen LogP contribution is 2.30. The maximum atomic E-state index is 12.9. The lowest BCUT2D eigenvalue weighted by atomic mass is 10.0. The molecule has 1 atom stereocenters. The molecule has 0 unspecified atom stereocenters. The minimum absolute atomic E-state index is 0.123. The van der Waals surface area contributed by atoms with Gasteiger partial charge in [0.1, 0.15) is 11.0 Å². The SMILES string of the molecule is Cc1nnsc1C(=O)N1CCO[C@@H](c2ccc(Cc3cccc(C(F)(F)F)c3)cn2)C1. The van der Waals surface area contributed by atoms with Crippen molar-refractivity contribution >= 4 is 17.4 Å². The van der Waals surface area contributed by atoms with Gasteiger partial charge in [-0.1, -0.05) is 28.8 Å². The number of carbonyl (C=O) groups excluding carboxylic acids is 1. The quantitative estimate of drug-likeness (QED) is 0.602. The van der Waals surface area contributed by atoms with Crippen LogP contribution < -0.4 is 0 Å². The average molecular weight is 448 g/mol. The van der Waals surface area contributed by atoms with Crippen LogP contribution in [0.4, 0.5) is 13.2 Å². The minimum Gasteiger partial charge on any atom is -0.368 e. The molecule has 0 aliphatic carbocycles. The van der Waals surface area contributed by atoms with Crippen molar-refractivity contribution in [2.45, 2.75) is 25.6 Å². The molecule has 3 aromatic rings. The van der Waals surface area contributed by atoms with E-state index in [9.17, 15) is 18.0 Å². The lowest BCUT2D eigenvalue weighted by Crippen LogP contribution is -2.42. The van der Waals surface area contributed by atoms with Gasteiger partial charge in [0.2, 0.25) is 0 Å². The molecule has 3 heterocycles. The molecule has 6 nitrogen and oxygen atoms in total. The smallest absolute Gasteiger partial charge is 0.368 e. The van der Waals surface area contributed by atoms with Gasteiger partial charge in [-0.2, -0.15) is 13.2 Å². The number of aryl methyl sites for hydroxylation is 1. The Balaban J connectivity index is 1.43. The van der Waals surface area contributed by atoms with Crippen LogP contribution in [0.1, 0.15) is 43.9 Å². The molecule has 0 spiro atoms. The first-order chi connectivity index (χ1) is 14.8. The highest BCUT2D eigenvalue weighted by molar-refractivity contribution is 7.07. The fourth-order valence-corrected chi connectivity index (χ4v) is 4.03. The van der Waals surface area contributed by atoms with E-state index in [1.54, 1.807) is 30.2 Å². The number of morpholine rings is 1. The number of benzene rings is 1. The van der Waals surface area contributed by atoms with E-state index in [4.69, 9.17) is 4.74 Å². The van der Waals surface area contributed by atoms with Gasteiger partial charge < -0.3 is 9.64 Å². The third-order valence-electron chi connectivity index (χ3n) is 5.04. The van der Waals surface area contributed by atoms with Crippen LogP contribution in [0, 0.1) is 6.92 Å². The van der Waals surface area contributed by atoms with E-state index in [2.05, 4.69) is 14.6 Å². The first kappa shape index (κ1) is 21.4. The molecule has 1 aliphatic heterocycles. The van der Waals surface area contributed by atoms with E-state index in [-0.39, 0.29) is 12.0 Å². The zero-order valence-corrected chi connectivity index (χ0v) is 17.4. The van der Waals surface area contributed by atoms with Crippen LogP contribution in [-0.2, 0) is 17.3 Å². The summed E-state index contributed by atoms with van der Waals surface area (Å²) in [6.45, 7) is 2.96. The number of carbonyl (C=O) groups is 1. The molecule has 1 saturated heterocycles. The van der Waals surface area contributed by atoms with Gasteiger partial charge in [0, 0.05) is 12.7 Å². The second-order valence-electron chi connectivity index (χ2n) is 7.26. The summed E-state index contributed by atoms with van der Waals surface area (Å²) >= 11 is 1.07. The Labute approximate surface area is 180 Å². The molecule has 0 saturated carbocycles. The molecular formula is C21H19F3N4O2S. The Bertz CT molecular complexity index is 1070. The molecule has 31 heavy (non-hydrogen) atoms. The van der Waals surface area contributed by atoms with E-state index in [0.717, 1.165) is 29.2 Å². The predicted octanol–water partition coefficient (Wildman–Crippen LogP) is 4.06. The highest BCUT2D eigenvalue weighted by atomic mass is 32.1. The van der Waals surface area contributed by atoms with E-state index >= 15 is 0 Å². The van der Waals surface area contributed by atoms with Crippen LogP contribution in [0.2, 0.25) is 0 Å². The summed E-state index contributed by atoms with van der Waals surface area (Å²) in [6, 6.07) is 8.89. The third kappa shape index (κ3) is 4.91. The maximum Gasteiger partial charge on any atom is 0.416 e. The average Bonchev–Trinajstić information content (AvgIpc) is 3.19. The normalized spacial score (nSPS) is 17.0. The Kier molecular flexibility index (Phi) is 6.01. The summed E-state index contributed by atoms with van der Waals surface area (Å²) in [5.74, 6) is -0.123. The fourth-order valence-electron chi connectivity index (χ4n) is 3.41. The van der Waals surface area contributed by atoms with Crippen molar-refractivity contribution in [2.24, 2.45) is 0 Å². The Morgan fingerprint density at radius 3 is 2.77 bits per heavy atom. The monoisotopic (exact) mass is 448 g/mol. The molecular weight excluding hydrogens is 429 g/mol. The van der Waals surface area contributed by atoms with Gasteiger partial charge in [-0.25, -0.2) is 0 Å². The van der Waals surface area contributed by atoms with E-state index < -0.39 is 11.7 Å². The van der Waals surface area contributed by atoms with Crippen molar-refractivity contribution in [2.75, 3.05) is 19.7 Å². The molecule has 0 bridgehead atoms. The van der Waals surface area contributed by atoms with Crippen LogP contribution in [0.5, 0.6) is 0 Å². The van der Waals surface area contributed by atoms with E-state index in [1.165, 1.54) is 6.07 Å². The number of nitrogens with zero attached hydrogens (tertiary/aromatic N) is 4. The first-order valence-corrected chi connectivity index (χ1v) is 10.4. The van der Waals surface area contributed by atoms with Crippen molar-refractivity contribution < 1.29 is 22.7 Å². The van der Waals surface area contributed by atoms with Crippen molar-refractivity contribution in [3.8, 4) is 0 Å². The molecule has 1 amide bonds. The molecule has 2 aromatic heterocycles. The van der Waals surface area contributed by atoms with Gasteiger partial charge in [0.05, 0.1) is 30.1 Å². The molecule has 0 radical (unpaired) electrons. The number of rotatable bonds is 4. The molecule has 4 rings (SSSR count). The minimum atomic E-state index is -4.37. The van der Waals surface area contributed by atoms with Gasteiger partial charge in [0.25, 0.3) is 5.91 Å². The molecule has 1 fully saturated rings. The first-order valence-electron chi connectivity index (χ1n) is 9.62. The van der Waals surface area contributed by atoms with Gasteiger partial charge in [-0.15, -0.1) is 5.10 Å². The molecule has 1 aromatic carbocycles. The summed E-state index contributed by atoms with van der Waals surface area (Å²) < 4.78 is 48.3.